The van der Waals surface area contributed by atoms with Gasteiger partial charge in [-0.2, -0.15) is 18.3 Å². The monoisotopic (exact) mass is 311 g/mol. The van der Waals surface area contributed by atoms with Crippen LogP contribution in [0.2, 0.25) is 0 Å². The van der Waals surface area contributed by atoms with Crippen LogP contribution >= 0.6 is 11.8 Å². The molecular formula is C10H12F3N3O3S. The maximum Gasteiger partial charge on any atom is 0.435 e. The minimum Gasteiger partial charge on any atom is -0.465 e. The summed E-state index contributed by atoms with van der Waals surface area (Å²) >= 11 is 0.822. The van der Waals surface area contributed by atoms with Gasteiger partial charge in [0.1, 0.15) is 5.03 Å². The van der Waals surface area contributed by atoms with Crippen LogP contribution in [0.15, 0.2) is 10.2 Å². The summed E-state index contributed by atoms with van der Waals surface area (Å²) < 4.78 is 44.0. The van der Waals surface area contributed by atoms with E-state index >= 15 is 0 Å². The average Bonchev–Trinajstić information content (AvgIpc) is 2.64. The normalized spacial score (nSPS) is 12.1. The Morgan fingerprint density at radius 2 is 2.25 bits per heavy atom. The van der Waals surface area contributed by atoms with E-state index in [1.807, 2.05) is 0 Å². The van der Waals surface area contributed by atoms with Crippen molar-refractivity contribution in [3.05, 3.63) is 11.3 Å². The number of hydrogen-bond donors (Lipinski definition) is 1. The number of aryl methyl sites for hydroxylation is 1. The molecule has 1 aromatic rings. The molecule has 0 unspecified atom stereocenters. The van der Waals surface area contributed by atoms with Gasteiger partial charge in [-0.15, -0.1) is 0 Å². The maximum atomic E-state index is 12.8. The number of hydrogen-bond acceptors (Lipinski definition) is 6. The van der Waals surface area contributed by atoms with Gasteiger partial charge < -0.3 is 9.94 Å². The molecule has 20 heavy (non-hydrogen) atoms. The van der Waals surface area contributed by atoms with Gasteiger partial charge in [0.2, 0.25) is 0 Å². The predicted octanol–water partition coefficient (Wildman–Crippen LogP) is 1.90. The number of nitrogens with zero attached hydrogens (tertiary/aromatic N) is 3. The first-order valence-corrected chi connectivity index (χ1v) is 6.39. The topological polar surface area (TPSA) is 76.7 Å². The molecule has 0 bridgehead atoms. The van der Waals surface area contributed by atoms with Gasteiger partial charge in [0.15, 0.2) is 5.69 Å². The highest BCUT2D eigenvalue weighted by Gasteiger charge is 2.38. The Morgan fingerprint density at radius 1 is 1.60 bits per heavy atom. The van der Waals surface area contributed by atoms with Crippen molar-refractivity contribution in [3.8, 4) is 0 Å². The summed E-state index contributed by atoms with van der Waals surface area (Å²) in [5.41, 5.74) is -1.57. The Balaban J connectivity index is 3.06. The first-order chi connectivity index (χ1) is 9.31. The number of carbonyl (C=O) groups excluding carboxylic acids is 1. The third-order valence-electron chi connectivity index (χ3n) is 2.12. The number of ether oxygens (including phenoxy) is 1. The number of halogens is 3. The van der Waals surface area contributed by atoms with E-state index in [1.54, 1.807) is 6.92 Å². The minimum absolute atomic E-state index is 0.0585. The van der Waals surface area contributed by atoms with Crippen molar-refractivity contribution in [2.24, 2.45) is 12.2 Å². The van der Waals surface area contributed by atoms with Crippen LogP contribution in [-0.2, 0) is 22.8 Å². The fraction of sp³-hybridized carbons (Fsp3) is 0.500. The number of carbonyl (C=O) groups is 1. The van der Waals surface area contributed by atoms with E-state index in [1.165, 1.54) is 7.05 Å². The highest BCUT2D eigenvalue weighted by atomic mass is 32.2. The summed E-state index contributed by atoms with van der Waals surface area (Å²) in [6.45, 7) is 1.81. The summed E-state index contributed by atoms with van der Waals surface area (Å²) in [4.78, 5) is 11.2. The quantitative estimate of drug-likeness (QED) is 0.295. The molecular weight excluding hydrogens is 299 g/mol. The van der Waals surface area contributed by atoms with Gasteiger partial charge in [-0.1, -0.05) is 16.9 Å². The van der Waals surface area contributed by atoms with E-state index in [0.29, 0.717) is 6.21 Å². The molecule has 0 aromatic carbocycles. The van der Waals surface area contributed by atoms with Gasteiger partial charge >= 0.3 is 12.1 Å². The molecule has 0 saturated carbocycles. The summed E-state index contributed by atoms with van der Waals surface area (Å²) in [6.07, 6.45) is -4.04. The second kappa shape index (κ2) is 6.64. The summed E-state index contributed by atoms with van der Waals surface area (Å²) in [5.74, 6) is -0.726. The van der Waals surface area contributed by atoms with Crippen LogP contribution in [-0.4, -0.2) is 39.5 Å². The van der Waals surface area contributed by atoms with Crippen molar-refractivity contribution in [1.29, 1.82) is 0 Å². The smallest absolute Gasteiger partial charge is 0.435 e. The number of alkyl halides is 3. The average molecular weight is 311 g/mol. The highest BCUT2D eigenvalue weighted by Crippen LogP contribution is 2.34. The Bertz CT molecular complexity index is 514. The van der Waals surface area contributed by atoms with E-state index in [9.17, 15) is 18.0 Å². The lowest BCUT2D eigenvalue weighted by atomic mass is 10.2. The van der Waals surface area contributed by atoms with Crippen molar-refractivity contribution < 1.29 is 27.9 Å². The van der Waals surface area contributed by atoms with E-state index in [0.717, 1.165) is 16.4 Å². The molecule has 0 amide bonds. The second-order valence-corrected chi connectivity index (χ2v) is 4.49. The van der Waals surface area contributed by atoms with Gasteiger partial charge in [0.05, 0.1) is 24.1 Å². The fourth-order valence-corrected chi connectivity index (χ4v) is 2.28. The standard InChI is InChI=1S/C10H12F3N3O3S/c1-3-19-7(17)5-20-9-6(4-14-18)8(10(11,12)13)15-16(9)2/h4,18H,3,5H2,1-2H3/b14-4+. The number of oxime groups is 1. The van der Waals surface area contributed by atoms with Crippen molar-refractivity contribution in [3.63, 3.8) is 0 Å². The zero-order valence-electron chi connectivity index (χ0n) is 10.6. The molecule has 1 aromatic heterocycles. The van der Waals surface area contributed by atoms with Crippen LogP contribution in [0.4, 0.5) is 13.2 Å². The SMILES string of the molecule is CCOC(=O)CSc1c(/C=N/O)c(C(F)(F)F)nn1C. The molecule has 0 spiro atoms. The third kappa shape index (κ3) is 3.89. The highest BCUT2D eigenvalue weighted by molar-refractivity contribution is 8.00. The number of rotatable bonds is 5. The largest absolute Gasteiger partial charge is 0.465 e. The molecule has 0 atom stereocenters. The predicted molar refractivity (Wildman–Crippen MR) is 64.9 cm³/mol. The Labute approximate surface area is 116 Å². The van der Waals surface area contributed by atoms with Gasteiger partial charge in [0, 0.05) is 7.05 Å². The first kappa shape index (κ1) is 16.3. The zero-order valence-corrected chi connectivity index (χ0v) is 11.5. The minimum atomic E-state index is -4.68. The van der Waals surface area contributed by atoms with Crippen LogP contribution in [0.1, 0.15) is 18.2 Å². The second-order valence-electron chi connectivity index (χ2n) is 3.53. The molecule has 1 N–H and O–H groups in total. The molecule has 0 aliphatic rings. The van der Waals surface area contributed by atoms with Crippen LogP contribution < -0.4 is 0 Å². The van der Waals surface area contributed by atoms with Crippen molar-refractivity contribution in [2.45, 2.75) is 18.1 Å². The molecule has 10 heteroatoms. The Hall–Kier alpha value is -1.71. The summed E-state index contributed by atoms with van der Waals surface area (Å²) in [6, 6.07) is 0. The van der Waals surface area contributed by atoms with E-state index in [4.69, 9.17) is 5.21 Å². The molecule has 0 aliphatic heterocycles. The third-order valence-corrected chi connectivity index (χ3v) is 3.25. The van der Waals surface area contributed by atoms with E-state index in [2.05, 4.69) is 15.0 Å². The molecule has 0 fully saturated rings. The lowest BCUT2D eigenvalue weighted by Crippen LogP contribution is -2.09. The maximum absolute atomic E-state index is 12.8. The van der Waals surface area contributed by atoms with Crippen molar-refractivity contribution in [2.75, 3.05) is 12.4 Å². The molecule has 0 saturated heterocycles. The van der Waals surface area contributed by atoms with Crippen LogP contribution in [0.3, 0.4) is 0 Å². The van der Waals surface area contributed by atoms with E-state index in [-0.39, 0.29) is 17.4 Å². The van der Waals surface area contributed by atoms with Crippen LogP contribution in [0, 0.1) is 0 Å². The molecule has 6 nitrogen and oxygen atoms in total. The van der Waals surface area contributed by atoms with Gasteiger partial charge in [0.25, 0.3) is 0 Å². The number of esters is 1. The van der Waals surface area contributed by atoms with Gasteiger partial charge in [-0.25, -0.2) is 0 Å². The number of aromatic nitrogens is 2. The molecule has 1 heterocycles. The lowest BCUT2D eigenvalue weighted by Gasteiger charge is -2.04. The summed E-state index contributed by atoms with van der Waals surface area (Å²) in [7, 11) is 1.30. The van der Waals surface area contributed by atoms with Crippen molar-refractivity contribution in [1.82, 2.24) is 9.78 Å². The Morgan fingerprint density at radius 3 is 2.75 bits per heavy atom. The molecule has 112 valence electrons. The Kier molecular flexibility index (Phi) is 5.43. The van der Waals surface area contributed by atoms with Crippen LogP contribution in [0.5, 0.6) is 0 Å². The zero-order chi connectivity index (χ0) is 15.3. The van der Waals surface area contributed by atoms with Crippen molar-refractivity contribution >= 4 is 23.9 Å². The molecule has 0 radical (unpaired) electrons. The number of thioether (sulfide) groups is 1. The molecule has 1 rings (SSSR count). The first-order valence-electron chi connectivity index (χ1n) is 5.41. The van der Waals surface area contributed by atoms with Gasteiger partial charge in [-0.3, -0.25) is 9.48 Å². The van der Waals surface area contributed by atoms with Gasteiger partial charge in [-0.05, 0) is 6.92 Å². The fourth-order valence-electron chi connectivity index (χ4n) is 1.41. The molecule has 0 aliphatic carbocycles. The summed E-state index contributed by atoms with van der Waals surface area (Å²) in [5, 5.41) is 14.5. The van der Waals surface area contributed by atoms with Crippen LogP contribution in [0.25, 0.3) is 0 Å². The lowest BCUT2D eigenvalue weighted by molar-refractivity contribution is -0.141. The van der Waals surface area contributed by atoms with E-state index < -0.39 is 23.4 Å².